The molecule has 1 aromatic carbocycles. The molecule has 0 atom stereocenters. The molecular formula is C16H15ClF3N3O2S2. The minimum atomic E-state index is -4.62. The van der Waals surface area contributed by atoms with Crippen LogP contribution < -0.4 is 10.9 Å². The van der Waals surface area contributed by atoms with Crippen LogP contribution in [0.5, 0.6) is 0 Å². The highest BCUT2D eigenvalue weighted by Crippen LogP contribution is 2.36. The van der Waals surface area contributed by atoms with Gasteiger partial charge in [0.25, 0.3) is 5.56 Å². The molecule has 146 valence electrons. The Morgan fingerprint density at radius 3 is 2.74 bits per heavy atom. The van der Waals surface area contributed by atoms with E-state index in [4.69, 9.17) is 11.6 Å². The predicted molar refractivity (Wildman–Crippen MR) is 103 cm³/mol. The fraction of sp³-hybridized carbons (Fsp3) is 0.312. The maximum atomic E-state index is 12.9. The summed E-state index contributed by atoms with van der Waals surface area (Å²) in [4.78, 5) is 30.4. The normalized spacial score (nSPS) is 11.4. The molecule has 2 rings (SSSR count). The van der Waals surface area contributed by atoms with E-state index in [9.17, 15) is 22.8 Å². The molecule has 0 aliphatic heterocycles. The number of alkyl halides is 3. The lowest BCUT2D eigenvalue weighted by Gasteiger charge is -2.11. The van der Waals surface area contributed by atoms with Crippen molar-refractivity contribution in [2.24, 2.45) is 0 Å². The number of thioether (sulfide) groups is 2. The van der Waals surface area contributed by atoms with Crippen molar-refractivity contribution in [2.75, 3.05) is 16.8 Å². The fourth-order valence-corrected chi connectivity index (χ4v) is 3.46. The van der Waals surface area contributed by atoms with E-state index in [-0.39, 0.29) is 22.2 Å². The Balaban J connectivity index is 2.01. The third-order valence-electron chi connectivity index (χ3n) is 3.12. The highest BCUT2D eigenvalue weighted by molar-refractivity contribution is 7.99. The molecule has 5 nitrogen and oxygen atoms in total. The molecule has 1 amide bonds. The summed E-state index contributed by atoms with van der Waals surface area (Å²) >= 11 is 8.13. The molecule has 11 heteroatoms. The number of aromatic amines is 1. The molecule has 1 aromatic heterocycles. The monoisotopic (exact) mass is 437 g/mol. The number of amides is 1. The van der Waals surface area contributed by atoms with Gasteiger partial charge in [0.2, 0.25) is 5.91 Å². The highest BCUT2D eigenvalue weighted by atomic mass is 35.5. The number of hydrogen-bond donors (Lipinski definition) is 2. The maximum absolute atomic E-state index is 12.9. The first-order valence-electron chi connectivity index (χ1n) is 7.66. The van der Waals surface area contributed by atoms with Gasteiger partial charge >= 0.3 is 6.18 Å². The molecule has 27 heavy (non-hydrogen) atoms. The summed E-state index contributed by atoms with van der Waals surface area (Å²) in [5.41, 5.74) is -0.776. The minimum Gasteiger partial charge on any atom is -0.325 e. The summed E-state index contributed by atoms with van der Waals surface area (Å²) < 4.78 is 38.6. The van der Waals surface area contributed by atoms with Crippen molar-refractivity contribution in [1.29, 1.82) is 0 Å². The summed E-state index contributed by atoms with van der Waals surface area (Å²) in [5.74, 6) is 0.787. The Bertz CT molecular complexity index is 875. The molecular weight excluding hydrogens is 423 g/mol. The van der Waals surface area contributed by atoms with Crippen molar-refractivity contribution in [1.82, 2.24) is 9.97 Å². The SMILES string of the molecule is CCSCc1cc(=O)[nH]c(SCC(=O)Nc2ccc(Cl)c(C(F)(F)F)c2)n1. The molecule has 1 heterocycles. The van der Waals surface area contributed by atoms with Crippen LogP contribution in [0.4, 0.5) is 18.9 Å². The van der Waals surface area contributed by atoms with Gasteiger partial charge in [-0.2, -0.15) is 24.9 Å². The first-order valence-corrected chi connectivity index (χ1v) is 10.2. The number of aromatic nitrogens is 2. The van der Waals surface area contributed by atoms with E-state index in [1.807, 2.05) is 6.92 Å². The van der Waals surface area contributed by atoms with E-state index >= 15 is 0 Å². The van der Waals surface area contributed by atoms with Gasteiger partial charge in [-0.1, -0.05) is 30.3 Å². The zero-order chi connectivity index (χ0) is 20.0. The average Bonchev–Trinajstić information content (AvgIpc) is 2.58. The average molecular weight is 438 g/mol. The molecule has 0 bridgehead atoms. The number of carbonyl (C=O) groups excluding carboxylic acids is 1. The van der Waals surface area contributed by atoms with Crippen LogP contribution in [0, 0.1) is 0 Å². The molecule has 0 spiro atoms. The van der Waals surface area contributed by atoms with Gasteiger partial charge in [0.15, 0.2) is 5.16 Å². The van der Waals surface area contributed by atoms with Gasteiger partial charge in [-0.3, -0.25) is 9.59 Å². The van der Waals surface area contributed by atoms with Crippen LogP contribution in [-0.2, 0) is 16.7 Å². The second-order valence-corrected chi connectivity index (χ2v) is 7.85. The standard InChI is InChI=1S/C16H15ClF3N3O2S2/c1-2-26-7-10-6-13(24)23-15(22-10)27-8-14(25)21-9-3-4-12(17)11(5-9)16(18,19)20/h3-6H,2,7-8H2,1H3,(H,21,25)(H,22,23,24). The second kappa shape index (κ2) is 9.52. The molecule has 0 radical (unpaired) electrons. The molecule has 0 saturated carbocycles. The van der Waals surface area contributed by atoms with E-state index < -0.39 is 22.7 Å². The summed E-state index contributed by atoms with van der Waals surface area (Å²) in [7, 11) is 0. The molecule has 2 aromatic rings. The summed E-state index contributed by atoms with van der Waals surface area (Å²) in [5, 5.41) is 2.20. The highest BCUT2D eigenvalue weighted by Gasteiger charge is 2.33. The molecule has 0 aliphatic carbocycles. The molecule has 0 aliphatic rings. The van der Waals surface area contributed by atoms with Gasteiger partial charge in [0.1, 0.15) is 0 Å². The number of rotatable bonds is 7. The Hall–Kier alpha value is -1.65. The Morgan fingerprint density at radius 2 is 2.07 bits per heavy atom. The van der Waals surface area contributed by atoms with Crippen LogP contribution >= 0.6 is 35.1 Å². The van der Waals surface area contributed by atoms with Crippen molar-refractivity contribution in [3.63, 3.8) is 0 Å². The van der Waals surface area contributed by atoms with Crippen LogP contribution in [0.2, 0.25) is 5.02 Å². The summed E-state index contributed by atoms with van der Waals surface area (Å²) in [6.45, 7) is 1.98. The van der Waals surface area contributed by atoms with E-state index in [1.54, 1.807) is 11.8 Å². The number of H-pyrrole nitrogens is 1. The minimum absolute atomic E-state index is 0.0214. The Morgan fingerprint density at radius 1 is 1.33 bits per heavy atom. The second-order valence-electron chi connectivity index (χ2n) is 5.21. The van der Waals surface area contributed by atoms with Crippen molar-refractivity contribution < 1.29 is 18.0 Å². The van der Waals surface area contributed by atoms with Crippen LogP contribution in [0.1, 0.15) is 18.2 Å². The van der Waals surface area contributed by atoms with Gasteiger partial charge < -0.3 is 10.3 Å². The number of nitrogens with one attached hydrogen (secondary N) is 2. The van der Waals surface area contributed by atoms with E-state index in [1.165, 1.54) is 12.1 Å². The molecule has 2 N–H and O–H groups in total. The molecule has 0 saturated heterocycles. The predicted octanol–water partition coefficient (Wildman–Crippen LogP) is 4.43. The van der Waals surface area contributed by atoms with Crippen molar-refractivity contribution >= 4 is 46.7 Å². The number of hydrogen-bond acceptors (Lipinski definition) is 5. The number of nitrogens with zero attached hydrogens (tertiary/aromatic N) is 1. The van der Waals surface area contributed by atoms with Crippen LogP contribution in [0.15, 0.2) is 34.2 Å². The first-order chi connectivity index (χ1) is 12.7. The largest absolute Gasteiger partial charge is 0.417 e. The smallest absolute Gasteiger partial charge is 0.325 e. The van der Waals surface area contributed by atoms with Crippen molar-refractivity contribution in [2.45, 2.75) is 24.0 Å². The van der Waals surface area contributed by atoms with Crippen molar-refractivity contribution in [3.05, 3.63) is 50.9 Å². The van der Waals surface area contributed by atoms with Gasteiger partial charge in [0.05, 0.1) is 22.0 Å². The first kappa shape index (κ1) is 21.6. The van der Waals surface area contributed by atoms with Gasteiger partial charge in [-0.15, -0.1) is 0 Å². The zero-order valence-corrected chi connectivity index (χ0v) is 16.4. The fourth-order valence-electron chi connectivity index (χ4n) is 1.98. The Kier molecular flexibility index (Phi) is 7.63. The number of anilines is 1. The van der Waals surface area contributed by atoms with Gasteiger partial charge in [-0.25, -0.2) is 4.98 Å². The molecule has 0 fully saturated rings. The number of benzene rings is 1. The zero-order valence-electron chi connectivity index (χ0n) is 14.0. The Labute approximate surface area is 166 Å². The third-order valence-corrected chi connectivity index (χ3v) is 5.23. The van der Waals surface area contributed by atoms with E-state index in [0.29, 0.717) is 11.4 Å². The number of halogens is 4. The van der Waals surface area contributed by atoms with Crippen molar-refractivity contribution in [3.8, 4) is 0 Å². The molecule has 0 unspecified atom stereocenters. The van der Waals surface area contributed by atoms with E-state index in [2.05, 4.69) is 15.3 Å². The van der Waals surface area contributed by atoms with Crippen LogP contribution in [0.25, 0.3) is 0 Å². The van der Waals surface area contributed by atoms with Crippen LogP contribution in [-0.4, -0.2) is 27.4 Å². The van der Waals surface area contributed by atoms with Gasteiger partial charge in [-0.05, 0) is 24.0 Å². The quantitative estimate of drug-likeness (QED) is 0.495. The third kappa shape index (κ3) is 6.78. The maximum Gasteiger partial charge on any atom is 0.417 e. The van der Waals surface area contributed by atoms with Gasteiger partial charge in [0, 0.05) is 17.5 Å². The van der Waals surface area contributed by atoms with E-state index in [0.717, 1.165) is 29.6 Å². The summed E-state index contributed by atoms with van der Waals surface area (Å²) in [6, 6.07) is 4.51. The number of carbonyl (C=O) groups is 1. The lowest BCUT2D eigenvalue weighted by molar-refractivity contribution is -0.137. The summed E-state index contributed by atoms with van der Waals surface area (Å²) in [6.07, 6.45) is -4.62. The topological polar surface area (TPSA) is 74.8 Å². The lowest BCUT2D eigenvalue weighted by Crippen LogP contribution is -2.16. The van der Waals surface area contributed by atoms with Crippen LogP contribution in [0.3, 0.4) is 0 Å². The lowest BCUT2D eigenvalue weighted by atomic mass is 10.2.